The lowest BCUT2D eigenvalue weighted by molar-refractivity contribution is 0.102. The van der Waals surface area contributed by atoms with Gasteiger partial charge in [-0.2, -0.15) is 0 Å². The van der Waals surface area contributed by atoms with Crippen LogP contribution in [0.2, 0.25) is 5.02 Å². The van der Waals surface area contributed by atoms with E-state index in [1.54, 1.807) is 6.07 Å². The molecule has 2 N–H and O–H groups in total. The molecule has 1 heterocycles. The van der Waals surface area contributed by atoms with Crippen LogP contribution in [0.3, 0.4) is 0 Å². The molecule has 1 aromatic heterocycles. The van der Waals surface area contributed by atoms with Crippen molar-refractivity contribution in [1.29, 1.82) is 0 Å². The molecule has 1 amide bonds. The van der Waals surface area contributed by atoms with E-state index < -0.39 is 17.5 Å². The summed E-state index contributed by atoms with van der Waals surface area (Å²) in [6, 6.07) is 13.8. The summed E-state index contributed by atoms with van der Waals surface area (Å²) >= 11 is 7.27. The van der Waals surface area contributed by atoms with Gasteiger partial charge in [0.1, 0.15) is 5.82 Å². The van der Waals surface area contributed by atoms with E-state index in [4.69, 9.17) is 11.6 Å². The van der Waals surface area contributed by atoms with Crippen molar-refractivity contribution < 1.29 is 13.6 Å². The van der Waals surface area contributed by atoms with Gasteiger partial charge in [0.2, 0.25) is 0 Å². The third kappa shape index (κ3) is 5.42. The normalized spacial score (nSPS) is 10.5. The molecule has 0 atom stereocenters. The van der Waals surface area contributed by atoms with E-state index in [1.165, 1.54) is 30.3 Å². The van der Waals surface area contributed by atoms with Crippen molar-refractivity contribution in [2.24, 2.45) is 0 Å². The van der Waals surface area contributed by atoms with E-state index in [0.29, 0.717) is 22.2 Å². The van der Waals surface area contributed by atoms with Crippen LogP contribution in [-0.4, -0.2) is 10.9 Å². The highest BCUT2D eigenvalue weighted by Crippen LogP contribution is 2.19. The first-order valence-corrected chi connectivity index (χ1v) is 9.22. The molecule has 3 rings (SSSR count). The summed E-state index contributed by atoms with van der Waals surface area (Å²) in [5, 5.41) is 3.20. The van der Waals surface area contributed by atoms with Gasteiger partial charge < -0.3 is 10.0 Å². The van der Waals surface area contributed by atoms with Crippen LogP contribution in [0.5, 0.6) is 0 Å². The maximum absolute atomic E-state index is 13.2. The number of pyridine rings is 1. The number of carbonyl (C=O) groups is 1. The van der Waals surface area contributed by atoms with Crippen LogP contribution in [0.4, 0.5) is 20.3 Å². The van der Waals surface area contributed by atoms with Crippen LogP contribution in [0, 0.1) is 11.6 Å². The number of hydrogen-bond donors (Lipinski definition) is 2. The average Bonchev–Trinajstić information content (AvgIpc) is 2.66. The van der Waals surface area contributed by atoms with Gasteiger partial charge in [0.05, 0.1) is 0 Å². The van der Waals surface area contributed by atoms with E-state index in [1.807, 2.05) is 24.3 Å². The first kappa shape index (κ1) is 19.1. The molecule has 0 bridgehead atoms. The summed E-state index contributed by atoms with van der Waals surface area (Å²) < 4.78 is 29.3. The monoisotopic (exact) mass is 405 g/mol. The largest absolute Gasteiger partial charge is 0.322 e. The first-order chi connectivity index (χ1) is 13.0. The van der Waals surface area contributed by atoms with Crippen molar-refractivity contribution in [3.63, 3.8) is 0 Å². The Bertz CT molecular complexity index is 954. The van der Waals surface area contributed by atoms with Crippen LogP contribution >= 0.6 is 23.5 Å². The van der Waals surface area contributed by atoms with Crippen molar-refractivity contribution in [2.75, 3.05) is 10.0 Å². The maximum atomic E-state index is 13.2. The number of anilines is 2. The van der Waals surface area contributed by atoms with Gasteiger partial charge in [-0.05, 0) is 53.9 Å². The summed E-state index contributed by atoms with van der Waals surface area (Å²) in [7, 11) is 0. The molecule has 0 radical (unpaired) electrons. The molecule has 0 saturated heterocycles. The lowest BCUT2D eigenvalue weighted by atomic mass is 10.2. The summed E-state index contributed by atoms with van der Waals surface area (Å²) in [5.41, 5.74) is 1.59. The number of benzene rings is 2. The van der Waals surface area contributed by atoms with Gasteiger partial charge in [-0.1, -0.05) is 23.7 Å². The maximum Gasteiger partial charge on any atom is 0.255 e. The Morgan fingerprint density at radius 1 is 1.04 bits per heavy atom. The van der Waals surface area contributed by atoms with Crippen LogP contribution in [-0.2, 0) is 5.75 Å². The fourth-order valence-electron chi connectivity index (χ4n) is 2.18. The predicted molar refractivity (Wildman–Crippen MR) is 105 cm³/mol. The number of halogens is 3. The van der Waals surface area contributed by atoms with Gasteiger partial charge in [-0.25, -0.2) is 13.8 Å². The minimum atomic E-state index is -1.02. The van der Waals surface area contributed by atoms with Gasteiger partial charge in [-0.3, -0.25) is 4.79 Å². The quantitative estimate of drug-likeness (QED) is 0.530. The fourth-order valence-corrected chi connectivity index (χ4v) is 3.00. The molecule has 3 aromatic rings. The molecule has 0 aliphatic rings. The minimum absolute atomic E-state index is 0.169. The van der Waals surface area contributed by atoms with Gasteiger partial charge in [-0.15, -0.1) is 0 Å². The lowest BCUT2D eigenvalue weighted by Gasteiger charge is -2.08. The zero-order valence-electron chi connectivity index (χ0n) is 13.9. The van der Waals surface area contributed by atoms with Crippen molar-refractivity contribution in [1.82, 2.24) is 4.98 Å². The number of aromatic nitrogens is 1. The first-order valence-electron chi connectivity index (χ1n) is 7.86. The van der Waals surface area contributed by atoms with Crippen LogP contribution in [0.1, 0.15) is 15.9 Å². The molecule has 0 fully saturated rings. The zero-order valence-corrected chi connectivity index (χ0v) is 15.5. The summed E-state index contributed by atoms with van der Waals surface area (Å²) in [6.45, 7) is 0. The molecular weight excluding hydrogens is 392 g/mol. The van der Waals surface area contributed by atoms with Gasteiger partial charge in [0.25, 0.3) is 5.91 Å². The third-order valence-corrected chi connectivity index (χ3v) is 4.61. The molecule has 0 spiro atoms. The summed E-state index contributed by atoms with van der Waals surface area (Å²) in [5.74, 6) is -1.25. The second-order valence-corrected chi connectivity index (χ2v) is 6.75. The molecule has 8 heteroatoms. The molecule has 4 nitrogen and oxygen atoms in total. The van der Waals surface area contributed by atoms with Gasteiger partial charge in [0.15, 0.2) is 11.6 Å². The molecule has 138 valence electrons. The van der Waals surface area contributed by atoms with E-state index in [0.717, 1.165) is 17.7 Å². The number of carbonyl (C=O) groups excluding carboxylic acids is 1. The average molecular weight is 406 g/mol. The van der Waals surface area contributed by atoms with Crippen molar-refractivity contribution in [2.45, 2.75) is 5.75 Å². The summed E-state index contributed by atoms with van der Waals surface area (Å²) in [6.07, 6.45) is 1.49. The molecule has 2 aromatic carbocycles. The molecule has 0 aliphatic carbocycles. The van der Waals surface area contributed by atoms with Crippen LogP contribution in [0.25, 0.3) is 0 Å². The highest BCUT2D eigenvalue weighted by atomic mass is 35.5. The van der Waals surface area contributed by atoms with Gasteiger partial charge in [0, 0.05) is 34.3 Å². The Kier molecular flexibility index (Phi) is 6.26. The van der Waals surface area contributed by atoms with E-state index >= 15 is 0 Å². The minimum Gasteiger partial charge on any atom is -0.322 e. The molecule has 27 heavy (non-hydrogen) atoms. The molecular formula is C19H14ClF2N3OS. The molecule has 0 unspecified atom stereocenters. The van der Waals surface area contributed by atoms with Crippen molar-refractivity contribution >= 4 is 41.0 Å². The second-order valence-electron chi connectivity index (χ2n) is 5.53. The van der Waals surface area contributed by atoms with E-state index in [2.05, 4.69) is 15.0 Å². The van der Waals surface area contributed by atoms with Crippen molar-refractivity contribution in [3.05, 3.63) is 88.6 Å². The van der Waals surface area contributed by atoms with E-state index in [-0.39, 0.29) is 5.69 Å². The van der Waals surface area contributed by atoms with E-state index in [9.17, 15) is 13.6 Å². The van der Waals surface area contributed by atoms with Crippen LogP contribution < -0.4 is 10.0 Å². The highest BCUT2D eigenvalue weighted by molar-refractivity contribution is 7.99. The Balaban J connectivity index is 1.59. The number of hydrogen-bond acceptors (Lipinski definition) is 4. The van der Waals surface area contributed by atoms with Crippen LogP contribution in [0.15, 0.2) is 60.8 Å². The van der Waals surface area contributed by atoms with Gasteiger partial charge >= 0.3 is 0 Å². The Hall–Kier alpha value is -2.64. The second kappa shape index (κ2) is 8.83. The molecule has 0 aliphatic heterocycles. The number of amides is 1. The van der Waals surface area contributed by atoms with Crippen molar-refractivity contribution in [3.8, 4) is 0 Å². The fraction of sp³-hybridized carbons (Fsp3) is 0.0526. The predicted octanol–water partition coefficient (Wildman–Crippen LogP) is 5.53. The number of rotatable bonds is 6. The zero-order chi connectivity index (χ0) is 19.2. The number of nitrogens with zero attached hydrogens (tertiary/aromatic N) is 1. The topological polar surface area (TPSA) is 54.0 Å². The lowest BCUT2D eigenvalue weighted by Crippen LogP contribution is -2.12. The third-order valence-electron chi connectivity index (χ3n) is 3.53. The SMILES string of the molecule is O=C(Nc1ccc(F)c(F)c1)c1ccnc(NSCc2ccc(Cl)cc2)c1. The highest BCUT2D eigenvalue weighted by Gasteiger charge is 2.09. The molecule has 0 saturated carbocycles. The standard InChI is InChI=1S/C19H14ClF2N3OS/c20-14-3-1-12(2-4-14)11-27-25-18-9-13(7-8-23-18)19(26)24-15-5-6-16(21)17(22)10-15/h1-10H,11H2,(H,23,25)(H,24,26). The Morgan fingerprint density at radius 3 is 2.56 bits per heavy atom. The Morgan fingerprint density at radius 2 is 1.81 bits per heavy atom. The summed E-state index contributed by atoms with van der Waals surface area (Å²) in [4.78, 5) is 16.4. The Labute approximate surface area is 164 Å². The smallest absolute Gasteiger partial charge is 0.255 e. The number of nitrogens with one attached hydrogen (secondary N) is 2.